The fourth-order valence-electron chi connectivity index (χ4n) is 3.24. The summed E-state index contributed by atoms with van der Waals surface area (Å²) in [7, 11) is 0. The molecule has 2 heterocycles. The molecule has 1 aliphatic heterocycles. The lowest BCUT2D eigenvalue weighted by Gasteiger charge is -2.26. The number of furan rings is 1. The monoisotopic (exact) mass is 355 g/mol. The van der Waals surface area contributed by atoms with Gasteiger partial charge in [-0.05, 0) is 55.8 Å². The lowest BCUT2D eigenvalue weighted by Crippen LogP contribution is -2.36. The third-order valence-electron chi connectivity index (χ3n) is 4.67. The van der Waals surface area contributed by atoms with Crippen molar-refractivity contribution in [2.24, 2.45) is 0 Å². The Kier molecular flexibility index (Phi) is 6.07. The molecule has 6 nitrogen and oxygen atoms in total. The molecule has 1 atom stereocenters. The molecule has 0 radical (unpaired) electrons. The van der Waals surface area contributed by atoms with E-state index in [1.807, 2.05) is 24.3 Å². The molecule has 1 fully saturated rings. The van der Waals surface area contributed by atoms with E-state index in [-0.39, 0.29) is 17.9 Å². The van der Waals surface area contributed by atoms with Crippen LogP contribution < -0.4 is 10.6 Å². The van der Waals surface area contributed by atoms with E-state index in [1.54, 1.807) is 18.4 Å². The van der Waals surface area contributed by atoms with Gasteiger partial charge in [0.15, 0.2) is 0 Å². The van der Waals surface area contributed by atoms with Crippen LogP contribution >= 0.6 is 0 Å². The third-order valence-corrected chi connectivity index (χ3v) is 4.67. The topological polar surface area (TPSA) is 74.6 Å². The molecule has 0 bridgehead atoms. The summed E-state index contributed by atoms with van der Waals surface area (Å²) in [5.74, 6) is 0.711. The highest BCUT2D eigenvalue weighted by molar-refractivity contribution is 5.94. The van der Waals surface area contributed by atoms with Crippen LogP contribution in [0, 0.1) is 0 Å². The van der Waals surface area contributed by atoms with Crippen molar-refractivity contribution in [2.45, 2.75) is 32.4 Å². The Balaban J connectivity index is 1.58. The fraction of sp³-hybridized carbons (Fsp3) is 0.400. The van der Waals surface area contributed by atoms with E-state index in [4.69, 9.17) is 4.42 Å². The SMILES string of the molecule is CC(=O)NCc1ccc(C(=O)NCC(c2ccco2)N2CCCC2)cc1. The first-order valence-electron chi connectivity index (χ1n) is 9.02. The highest BCUT2D eigenvalue weighted by Crippen LogP contribution is 2.25. The second-order valence-corrected chi connectivity index (χ2v) is 6.59. The van der Waals surface area contributed by atoms with Crippen LogP contribution in [0.3, 0.4) is 0 Å². The summed E-state index contributed by atoms with van der Waals surface area (Å²) in [6.07, 6.45) is 4.04. The number of nitrogens with zero attached hydrogens (tertiary/aromatic N) is 1. The standard InChI is InChI=1S/C20H25N3O3/c1-15(24)21-13-16-6-8-17(9-7-16)20(25)22-14-18(19-5-4-12-26-19)23-10-2-3-11-23/h4-9,12,18H,2-3,10-11,13-14H2,1H3,(H,21,24)(H,22,25). The zero-order valence-corrected chi connectivity index (χ0v) is 15.0. The number of rotatable bonds is 7. The number of amides is 2. The van der Waals surface area contributed by atoms with Crippen LogP contribution in [0.25, 0.3) is 0 Å². The van der Waals surface area contributed by atoms with Crippen molar-refractivity contribution >= 4 is 11.8 Å². The minimum absolute atomic E-state index is 0.0653. The molecule has 26 heavy (non-hydrogen) atoms. The van der Waals surface area contributed by atoms with Crippen LogP contribution in [0.4, 0.5) is 0 Å². The maximum absolute atomic E-state index is 12.5. The van der Waals surface area contributed by atoms with Gasteiger partial charge in [0.25, 0.3) is 5.91 Å². The lowest BCUT2D eigenvalue weighted by atomic mass is 10.1. The zero-order valence-electron chi connectivity index (χ0n) is 15.0. The summed E-state index contributed by atoms with van der Waals surface area (Å²) in [6, 6.07) is 11.2. The average molecular weight is 355 g/mol. The van der Waals surface area contributed by atoms with Crippen molar-refractivity contribution in [3.05, 3.63) is 59.5 Å². The lowest BCUT2D eigenvalue weighted by molar-refractivity contribution is -0.119. The minimum atomic E-state index is -0.105. The molecule has 6 heteroatoms. The van der Waals surface area contributed by atoms with Crippen LogP contribution in [-0.2, 0) is 11.3 Å². The Bertz CT molecular complexity index is 719. The summed E-state index contributed by atoms with van der Waals surface area (Å²) < 4.78 is 5.58. The largest absolute Gasteiger partial charge is 0.468 e. The van der Waals surface area contributed by atoms with Crippen LogP contribution in [0.2, 0.25) is 0 Å². The molecule has 0 spiro atoms. The van der Waals surface area contributed by atoms with Crippen molar-refractivity contribution in [2.75, 3.05) is 19.6 Å². The van der Waals surface area contributed by atoms with Crippen LogP contribution in [0.1, 0.15) is 47.5 Å². The Morgan fingerprint density at radius 3 is 2.46 bits per heavy atom. The highest BCUT2D eigenvalue weighted by atomic mass is 16.3. The maximum atomic E-state index is 12.5. The smallest absolute Gasteiger partial charge is 0.251 e. The van der Waals surface area contributed by atoms with Crippen LogP contribution in [-0.4, -0.2) is 36.3 Å². The maximum Gasteiger partial charge on any atom is 0.251 e. The summed E-state index contributed by atoms with van der Waals surface area (Å²) >= 11 is 0. The van der Waals surface area contributed by atoms with Gasteiger partial charge in [0, 0.05) is 25.6 Å². The van der Waals surface area contributed by atoms with Gasteiger partial charge >= 0.3 is 0 Å². The molecular formula is C20H25N3O3. The number of likely N-dealkylation sites (tertiary alicyclic amines) is 1. The molecule has 0 saturated carbocycles. The van der Waals surface area contributed by atoms with Gasteiger partial charge in [-0.25, -0.2) is 0 Å². The molecule has 1 saturated heterocycles. The molecule has 2 aromatic rings. The second-order valence-electron chi connectivity index (χ2n) is 6.59. The summed E-state index contributed by atoms with van der Waals surface area (Å²) in [6.45, 7) is 4.52. The number of carbonyl (C=O) groups excluding carboxylic acids is 2. The quantitative estimate of drug-likeness (QED) is 0.800. The van der Waals surface area contributed by atoms with Gasteiger partial charge in [0.05, 0.1) is 12.3 Å². The van der Waals surface area contributed by atoms with Crippen molar-refractivity contribution in [3.8, 4) is 0 Å². The van der Waals surface area contributed by atoms with Crippen LogP contribution in [0.15, 0.2) is 47.1 Å². The Labute approximate surface area is 153 Å². The molecule has 1 unspecified atom stereocenters. The predicted octanol–water partition coefficient (Wildman–Crippen LogP) is 2.48. The first-order chi connectivity index (χ1) is 12.6. The summed E-state index contributed by atoms with van der Waals surface area (Å²) in [5, 5.41) is 5.77. The molecule has 0 aliphatic carbocycles. The van der Waals surface area contributed by atoms with Gasteiger partial charge < -0.3 is 15.1 Å². The molecule has 138 valence electrons. The normalized spacial score (nSPS) is 15.6. The predicted molar refractivity (Wildman–Crippen MR) is 98.6 cm³/mol. The molecule has 3 rings (SSSR count). The molecule has 1 aromatic carbocycles. The molecule has 1 aliphatic rings. The van der Waals surface area contributed by atoms with Crippen molar-refractivity contribution in [1.82, 2.24) is 15.5 Å². The van der Waals surface area contributed by atoms with Gasteiger partial charge in [0.1, 0.15) is 5.76 Å². The van der Waals surface area contributed by atoms with Crippen LogP contribution in [0.5, 0.6) is 0 Å². The number of hydrogen-bond donors (Lipinski definition) is 2. The zero-order chi connectivity index (χ0) is 18.4. The van der Waals surface area contributed by atoms with Crippen molar-refractivity contribution in [1.29, 1.82) is 0 Å². The van der Waals surface area contributed by atoms with Crippen molar-refractivity contribution in [3.63, 3.8) is 0 Å². The van der Waals surface area contributed by atoms with E-state index < -0.39 is 0 Å². The number of hydrogen-bond acceptors (Lipinski definition) is 4. The van der Waals surface area contributed by atoms with E-state index in [0.29, 0.717) is 18.7 Å². The molecule has 2 N–H and O–H groups in total. The Morgan fingerprint density at radius 1 is 1.12 bits per heavy atom. The Morgan fingerprint density at radius 2 is 1.85 bits per heavy atom. The summed E-state index contributed by atoms with van der Waals surface area (Å²) in [5.41, 5.74) is 1.57. The minimum Gasteiger partial charge on any atom is -0.468 e. The van der Waals surface area contributed by atoms with E-state index >= 15 is 0 Å². The average Bonchev–Trinajstić information content (AvgIpc) is 3.35. The molecule has 1 aromatic heterocycles. The third kappa shape index (κ3) is 4.73. The van der Waals surface area contributed by atoms with E-state index in [9.17, 15) is 9.59 Å². The first kappa shape index (κ1) is 18.2. The number of benzene rings is 1. The second kappa shape index (κ2) is 8.67. The first-order valence-corrected chi connectivity index (χ1v) is 9.02. The number of nitrogens with one attached hydrogen (secondary N) is 2. The van der Waals surface area contributed by atoms with Crippen molar-refractivity contribution < 1.29 is 14.0 Å². The van der Waals surface area contributed by atoms with E-state index in [2.05, 4.69) is 15.5 Å². The van der Waals surface area contributed by atoms with Gasteiger partial charge in [-0.15, -0.1) is 0 Å². The van der Waals surface area contributed by atoms with Gasteiger partial charge in [-0.2, -0.15) is 0 Å². The van der Waals surface area contributed by atoms with Gasteiger partial charge in [0.2, 0.25) is 5.91 Å². The Hall–Kier alpha value is -2.60. The fourth-order valence-corrected chi connectivity index (χ4v) is 3.24. The van der Waals surface area contributed by atoms with Gasteiger partial charge in [-0.3, -0.25) is 14.5 Å². The molecule has 2 amide bonds. The summed E-state index contributed by atoms with van der Waals surface area (Å²) in [4.78, 5) is 25.8. The van der Waals surface area contributed by atoms with E-state index in [0.717, 1.165) is 24.4 Å². The highest BCUT2D eigenvalue weighted by Gasteiger charge is 2.26. The van der Waals surface area contributed by atoms with Gasteiger partial charge in [-0.1, -0.05) is 12.1 Å². The van der Waals surface area contributed by atoms with E-state index in [1.165, 1.54) is 19.8 Å². The number of carbonyl (C=O) groups is 2. The molecular weight excluding hydrogens is 330 g/mol.